The van der Waals surface area contributed by atoms with Crippen LogP contribution in [0.25, 0.3) is 0 Å². The van der Waals surface area contributed by atoms with E-state index < -0.39 is 17.4 Å². The van der Waals surface area contributed by atoms with Crippen LogP contribution in [-0.4, -0.2) is 53.2 Å². The van der Waals surface area contributed by atoms with Crippen molar-refractivity contribution >= 4 is 11.7 Å². The van der Waals surface area contributed by atoms with E-state index in [9.17, 15) is 14.0 Å². The molecule has 2 aromatic rings. The summed E-state index contributed by atoms with van der Waals surface area (Å²) in [4.78, 5) is 34.7. The molecule has 3 aliphatic heterocycles. The highest BCUT2D eigenvalue weighted by molar-refractivity contribution is 6.03. The second kappa shape index (κ2) is 7.67. The van der Waals surface area contributed by atoms with Crippen molar-refractivity contribution in [1.82, 2.24) is 14.8 Å². The molecule has 152 valence electrons. The predicted octanol–water partition coefficient (Wildman–Crippen LogP) is 3.40. The number of likely N-dealkylation sites (N-methyl/N-ethyl adjacent to an activating group) is 1. The van der Waals surface area contributed by atoms with Gasteiger partial charge >= 0.3 is 0 Å². The molecule has 0 aliphatic carbocycles. The summed E-state index contributed by atoms with van der Waals surface area (Å²) in [6.07, 6.45) is 3.78. The second-order valence-electron chi connectivity index (χ2n) is 8.34. The van der Waals surface area contributed by atoms with Crippen molar-refractivity contribution in [2.24, 2.45) is 5.41 Å². The van der Waals surface area contributed by atoms with Crippen molar-refractivity contribution < 1.29 is 14.0 Å². The summed E-state index contributed by atoms with van der Waals surface area (Å²) >= 11 is 0. The number of halogens is 1. The average molecular weight is 395 g/mol. The smallest absolute Gasteiger partial charge is 0.229 e. The van der Waals surface area contributed by atoms with E-state index >= 15 is 0 Å². The number of nitrogens with zero attached hydrogens (tertiary/aromatic N) is 3. The first-order valence-electron chi connectivity index (χ1n) is 10.1. The Morgan fingerprint density at radius 1 is 1.14 bits per heavy atom. The summed E-state index contributed by atoms with van der Waals surface area (Å²) in [6.45, 7) is 4.67. The lowest BCUT2D eigenvalue weighted by atomic mass is 9.70. The number of carbonyl (C=O) groups is 2. The molecule has 5 nitrogen and oxygen atoms in total. The molecule has 3 fully saturated rings. The highest BCUT2D eigenvalue weighted by atomic mass is 19.1. The topological polar surface area (TPSA) is 53.5 Å². The maximum Gasteiger partial charge on any atom is 0.229 e. The Hall–Kier alpha value is -2.60. The molecule has 4 heterocycles. The maximum absolute atomic E-state index is 13.9. The van der Waals surface area contributed by atoms with Gasteiger partial charge in [0.2, 0.25) is 11.9 Å². The molecule has 0 N–H and O–H groups in total. The number of hydrogen-bond donors (Lipinski definition) is 0. The maximum atomic E-state index is 13.9. The number of pyridine rings is 1. The molecule has 0 radical (unpaired) electrons. The number of piperidine rings is 3. The van der Waals surface area contributed by atoms with Crippen LogP contribution in [0.2, 0.25) is 0 Å². The van der Waals surface area contributed by atoms with Crippen LogP contribution in [0.3, 0.4) is 0 Å². The largest absolute Gasteiger partial charge is 0.331 e. The third-order valence-corrected chi connectivity index (χ3v) is 6.50. The lowest BCUT2D eigenvalue weighted by molar-refractivity contribution is -0.149. The number of fused-ring (bicyclic) bond motifs is 3. The Balaban J connectivity index is 1.71. The molecule has 0 spiro atoms. The third-order valence-electron chi connectivity index (χ3n) is 6.50. The molecule has 6 heteroatoms. The molecular weight excluding hydrogens is 369 g/mol. The zero-order valence-electron chi connectivity index (χ0n) is 16.9. The van der Waals surface area contributed by atoms with E-state index in [1.165, 1.54) is 12.3 Å². The van der Waals surface area contributed by atoms with Crippen LogP contribution in [0.5, 0.6) is 0 Å². The zero-order valence-corrected chi connectivity index (χ0v) is 16.9. The second-order valence-corrected chi connectivity index (χ2v) is 8.34. The van der Waals surface area contributed by atoms with Gasteiger partial charge in [0.25, 0.3) is 0 Å². The van der Waals surface area contributed by atoms with E-state index in [1.54, 1.807) is 24.1 Å². The average Bonchev–Trinajstić information content (AvgIpc) is 2.74. The number of aryl methyl sites for hydroxylation is 1. The molecule has 0 saturated carbocycles. The van der Waals surface area contributed by atoms with E-state index in [0.717, 1.165) is 44.5 Å². The van der Waals surface area contributed by atoms with Crippen molar-refractivity contribution in [3.63, 3.8) is 0 Å². The third kappa shape index (κ3) is 3.69. The highest BCUT2D eigenvalue weighted by Crippen LogP contribution is 2.43. The van der Waals surface area contributed by atoms with Gasteiger partial charge in [-0.25, -0.2) is 4.98 Å². The monoisotopic (exact) mass is 395 g/mol. The number of rotatable bonds is 5. The molecule has 1 atom stereocenters. The Kier molecular flexibility index (Phi) is 5.21. The lowest BCUT2D eigenvalue weighted by Crippen LogP contribution is -2.56. The summed E-state index contributed by atoms with van der Waals surface area (Å²) < 4.78 is 13.9. The highest BCUT2D eigenvalue weighted by Gasteiger charge is 2.48. The van der Waals surface area contributed by atoms with Gasteiger partial charge in [-0.05, 0) is 69.6 Å². The quantitative estimate of drug-likeness (QED) is 0.575. The summed E-state index contributed by atoms with van der Waals surface area (Å²) in [5, 5.41) is 0. The predicted molar refractivity (Wildman–Crippen MR) is 108 cm³/mol. The summed E-state index contributed by atoms with van der Waals surface area (Å²) in [5.41, 5.74) is 1.51. The Morgan fingerprint density at radius 2 is 1.83 bits per heavy atom. The van der Waals surface area contributed by atoms with Gasteiger partial charge in [-0.15, -0.1) is 0 Å². The van der Waals surface area contributed by atoms with Crippen LogP contribution in [0, 0.1) is 18.3 Å². The molecule has 29 heavy (non-hydrogen) atoms. The number of Topliss-reactive ketones (excluding diaryl/α,β-unsaturated/α-hetero) is 1. The van der Waals surface area contributed by atoms with Crippen molar-refractivity contribution in [1.29, 1.82) is 0 Å². The first kappa shape index (κ1) is 19.7. The number of carbonyl (C=O) groups excluding carboxylic acids is 2. The van der Waals surface area contributed by atoms with Crippen LogP contribution >= 0.6 is 0 Å². The van der Waals surface area contributed by atoms with E-state index in [0.29, 0.717) is 11.1 Å². The van der Waals surface area contributed by atoms with Crippen molar-refractivity contribution in [3.8, 4) is 0 Å². The van der Waals surface area contributed by atoms with Crippen LogP contribution in [0.15, 0.2) is 42.6 Å². The number of amides is 1. The Bertz CT molecular complexity index is 923. The van der Waals surface area contributed by atoms with Crippen molar-refractivity contribution in [2.75, 3.05) is 26.7 Å². The molecule has 1 unspecified atom stereocenters. The number of ketones is 1. The van der Waals surface area contributed by atoms with Gasteiger partial charge in [0.15, 0.2) is 5.78 Å². The van der Waals surface area contributed by atoms with E-state index in [2.05, 4.69) is 9.88 Å². The summed E-state index contributed by atoms with van der Waals surface area (Å²) in [5.74, 6) is -0.880. The van der Waals surface area contributed by atoms with Gasteiger partial charge in [0, 0.05) is 18.8 Å². The fourth-order valence-corrected chi connectivity index (χ4v) is 4.73. The van der Waals surface area contributed by atoms with Gasteiger partial charge in [-0.1, -0.05) is 23.8 Å². The minimum Gasteiger partial charge on any atom is -0.331 e. The summed E-state index contributed by atoms with van der Waals surface area (Å²) in [6, 6.07) is 9.29. The van der Waals surface area contributed by atoms with Crippen LogP contribution in [-0.2, 0) is 4.79 Å². The normalized spacial score (nSPS) is 24.2. The molecule has 1 aromatic heterocycles. The van der Waals surface area contributed by atoms with Gasteiger partial charge in [-0.2, -0.15) is 4.39 Å². The van der Waals surface area contributed by atoms with E-state index in [-0.39, 0.29) is 11.7 Å². The van der Waals surface area contributed by atoms with Gasteiger partial charge < -0.3 is 9.80 Å². The molecule has 5 rings (SSSR count). The Morgan fingerprint density at radius 3 is 2.45 bits per heavy atom. The van der Waals surface area contributed by atoms with Crippen molar-refractivity contribution in [2.45, 2.75) is 32.2 Å². The zero-order chi connectivity index (χ0) is 20.6. The van der Waals surface area contributed by atoms with E-state index in [1.807, 2.05) is 25.1 Å². The van der Waals surface area contributed by atoms with E-state index in [4.69, 9.17) is 0 Å². The van der Waals surface area contributed by atoms with Crippen LogP contribution in [0.4, 0.5) is 4.39 Å². The SMILES string of the molecule is Cc1cccc(C(=O)C(c2ccnc(F)c2)N(C)C(=O)C23CCN(CC2)CC3)c1. The number of hydrogen-bond acceptors (Lipinski definition) is 4. The van der Waals surface area contributed by atoms with Gasteiger partial charge in [0.05, 0.1) is 5.41 Å². The first-order chi connectivity index (χ1) is 13.9. The molecule has 2 bridgehead atoms. The fraction of sp³-hybridized carbons (Fsp3) is 0.435. The molecule has 3 saturated heterocycles. The standard InChI is InChI=1S/C23H26FN3O2/c1-16-4-3-5-18(14-16)21(28)20(17-6-10-25-19(24)15-17)26(2)22(29)23-7-11-27(12-8-23)13-9-23/h3-6,10,14-15,20H,7-9,11-13H2,1-2H3. The van der Waals surface area contributed by atoms with Crippen LogP contribution < -0.4 is 0 Å². The van der Waals surface area contributed by atoms with Crippen molar-refractivity contribution in [3.05, 3.63) is 65.2 Å². The lowest BCUT2D eigenvalue weighted by Gasteiger charge is -2.49. The molecule has 1 amide bonds. The number of benzene rings is 1. The van der Waals surface area contributed by atoms with Crippen LogP contribution in [0.1, 0.15) is 46.8 Å². The minimum absolute atomic E-state index is 0.0138. The Labute approximate surface area is 170 Å². The van der Waals surface area contributed by atoms with Gasteiger partial charge in [0.1, 0.15) is 6.04 Å². The fourth-order valence-electron chi connectivity index (χ4n) is 4.73. The number of aromatic nitrogens is 1. The molecule has 1 aromatic carbocycles. The minimum atomic E-state index is -0.879. The van der Waals surface area contributed by atoms with Gasteiger partial charge in [-0.3, -0.25) is 9.59 Å². The summed E-state index contributed by atoms with van der Waals surface area (Å²) in [7, 11) is 1.68. The molecule has 3 aliphatic rings. The molecular formula is C23H26FN3O2. The first-order valence-corrected chi connectivity index (χ1v) is 10.1.